The van der Waals surface area contributed by atoms with Crippen molar-refractivity contribution in [2.75, 3.05) is 0 Å². The first-order valence-corrected chi connectivity index (χ1v) is 7.70. The molecule has 0 aliphatic heterocycles. The summed E-state index contributed by atoms with van der Waals surface area (Å²) in [5.41, 5.74) is 7.22. The Morgan fingerprint density at radius 2 is 1.42 bits per heavy atom. The van der Waals surface area contributed by atoms with Gasteiger partial charge in [0, 0.05) is 0 Å². The second kappa shape index (κ2) is 9.83. The van der Waals surface area contributed by atoms with Gasteiger partial charge < -0.3 is 0 Å². The van der Waals surface area contributed by atoms with E-state index in [1.807, 2.05) is 0 Å². The summed E-state index contributed by atoms with van der Waals surface area (Å²) in [7, 11) is 0. The van der Waals surface area contributed by atoms with Gasteiger partial charge in [-0.25, -0.2) is 0 Å². The summed E-state index contributed by atoms with van der Waals surface area (Å²) in [6.45, 7) is 17.1. The third-order valence-corrected chi connectivity index (χ3v) is 3.55. The van der Waals surface area contributed by atoms with Gasteiger partial charge in [0.05, 0.1) is 0 Å². The Bertz CT molecular complexity index is 383. The Morgan fingerprint density at radius 3 is 1.79 bits per heavy atom. The van der Waals surface area contributed by atoms with Crippen molar-refractivity contribution < 1.29 is 0 Å². The van der Waals surface area contributed by atoms with Crippen LogP contribution in [0.5, 0.6) is 0 Å². The lowest BCUT2D eigenvalue weighted by molar-refractivity contribution is 0.886. The molecule has 0 spiro atoms. The van der Waals surface area contributed by atoms with Crippen LogP contribution in [0, 0.1) is 13.8 Å². The number of hydrogen-bond acceptors (Lipinski definition) is 0. The van der Waals surface area contributed by atoms with Gasteiger partial charge in [-0.2, -0.15) is 0 Å². The highest BCUT2D eigenvalue weighted by Crippen LogP contribution is 2.21. The SMILES string of the molecule is C=C(C)CCc1c(C)ccc(C)c1CC.CCCC. The van der Waals surface area contributed by atoms with Gasteiger partial charge >= 0.3 is 0 Å². The third kappa shape index (κ3) is 6.61. The van der Waals surface area contributed by atoms with Crippen LogP contribution in [0.2, 0.25) is 0 Å². The topological polar surface area (TPSA) is 0 Å². The number of benzene rings is 1. The molecule has 0 atom stereocenters. The van der Waals surface area contributed by atoms with Gasteiger partial charge in [-0.3, -0.25) is 0 Å². The third-order valence-electron chi connectivity index (χ3n) is 3.55. The zero-order valence-corrected chi connectivity index (χ0v) is 13.9. The molecule has 1 aromatic rings. The maximum Gasteiger partial charge on any atom is -0.0236 e. The minimum atomic E-state index is 1.11. The van der Waals surface area contributed by atoms with Gasteiger partial charge in [0.1, 0.15) is 0 Å². The molecule has 0 N–H and O–H groups in total. The molecular weight excluding hydrogens is 228 g/mol. The van der Waals surface area contributed by atoms with Crippen molar-refractivity contribution in [2.45, 2.75) is 73.6 Å². The molecule has 0 aliphatic carbocycles. The van der Waals surface area contributed by atoms with Crippen LogP contribution in [0.4, 0.5) is 0 Å². The lowest BCUT2D eigenvalue weighted by atomic mass is 9.91. The number of hydrogen-bond donors (Lipinski definition) is 0. The van der Waals surface area contributed by atoms with E-state index >= 15 is 0 Å². The van der Waals surface area contributed by atoms with E-state index in [-0.39, 0.29) is 0 Å². The van der Waals surface area contributed by atoms with Gasteiger partial charge in [-0.15, -0.1) is 6.58 Å². The van der Waals surface area contributed by atoms with Crippen LogP contribution in [0.25, 0.3) is 0 Å². The van der Waals surface area contributed by atoms with Crippen LogP contribution in [0.3, 0.4) is 0 Å². The van der Waals surface area contributed by atoms with E-state index in [9.17, 15) is 0 Å². The van der Waals surface area contributed by atoms with Crippen LogP contribution in [0.15, 0.2) is 24.3 Å². The Labute approximate surface area is 120 Å². The summed E-state index contributed by atoms with van der Waals surface area (Å²) < 4.78 is 0. The Balaban J connectivity index is 0.000000711. The fourth-order valence-electron chi connectivity index (χ4n) is 2.11. The Kier molecular flexibility index (Phi) is 9.30. The van der Waals surface area contributed by atoms with Gasteiger partial charge in [-0.05, 0) is 62.3 Å². The quantitative estimate of drug-likeness (QED) is 0.554. The first-order chi connectivity index (χ1) is 8.97. The predicted octanol–water partition coefficient (Wildman–Crippen LogP) is 6.18. The minimum Gasteiger partial charge on any atom is -0.100 e. The Hall–Kier alpha value is -1.04. The molecule has 0 heterocycles. The highest BCUT2D eigenvalue weighted by atomic mass is 14.1. The van der Waals surface area contributed by atoms with Crippen LogP contribution >= 0.6 is 0 Å². The monoisotopic (exact) mass is 260 g/mol. The van der Waals surface area contributed by atoms with Gasteiger partial charge in [0.2, 0.25) is 0 Å². The molecule has 0 amide bonds. The van der Waals surface area contributed by atoms with Crippen LogP contribution in [-0.2, 0) is 12.8 Å². The molecule has 0 radical (unpaired) electrons. The van der Waals surface area contributed by atoms with Crippen molar-refractivity contribution in [2.24, 2.45) is 0 Å². The number of allylic oxidation sites excluding steroid dienone is 1. The van der Waals surface area contributed by atoms with E-state index in [4.69, 9.17) is 0 Å². The van der Waals surface area contributed by atoms with E-state index in [0.717, 1.165) is 19.3 Å². The average Bonchev–Trinajstić information content (AvgIpc) is 2.39. The van der Waals surface area contributed by atoms with Crippen molar-refractivity contribution >= 4 is 0 Å². The van der Waals surface area contributed by atoms with Crippen molar-refractivity contribution in [1.29, 1.82) is 0 Å². The molecule has 0 unspecified atom stereocenters. The lowest BCUT2D eigenvalue weighted by Crippen LogP contribution is -2.00. The maximum atomic E-state index is 3.98. The average molecular weight is 260 g/mol. The zero-order valence-electron chi connectivity index (χ0n) is 13.9. The first kappa shape index (κ1) is 18.0. The number of rotatable bonds is 5. The van der Waals surface area contributed by atoms with Crippen molar-refractivity contribution in [3.05, 3.63) is 46.5 Å². The van der Waals surface area contributed by atoms with Crippen molar-refractivity contribution in [3.8, 4) is 0 Å². The highest BCUT2D eigenvalue weighted by molar-refractivity contribution is 5.40. The summed E-state index contributed by atoms with van der Waals surface area (Å²) in [5, 5.41) is 0. The molecular formula is C19H32. The molecule has 19 heavy (non-hydrogen) atoms. The molecule has 0 aromatic heterocycles. The summed E-state index contributed by atoms with van der Waals surface area (Å²) in [5.74, 6) is 0. The minimum absolute atomic E-state index is 1.11. The van der Waals surface area contributed by atoms with E-state index in [1.54, 1.807) is 5.56 Å². The fraction of sp³-hybridized carbons (Fsp3) is 0.579. The summed E-state index contributed by atoms with van der Waals surface area (Å²) in [6.07, 6.45) is 6.03. The molecule has 0 saturated carbocycles. The predicted molar refractivity (Wildman–Crippen MR) is 89.0 cm³/mol. The fourth-order valence-corrected chi connectivity index (χ4v) is 2.11. The largest absolute Gasteiger partial charge is 0.100 e. The normalized spacial score (nSPS) is 9.79. The summed E-state index contributed by atoms with van der Waals surface area (Å²) in [4.78, 5) is 0. The summed E-state index contributed by atoms with van der Waals surface area (Å²) >= 11 is 0. The molecule has 0 nitrogen and oxygen atoms in total. The van der Waals surface area contributed by atoms with Crippen LogP contribution in [0.1, 0.15) is 69.2 Å². The van der Waals surface area contributed by atoms with Gasteiger partial charge in [0.15, 0.2) is 0 Å². The molecule has 1 aromatic carbocycles. The molecule has 0 bridgehead atoms. The Morgan fingerprint density at radius 1 is 0.947 bits per heavy atom. The molecule has 1 rings (SSSR count). The highest BCUT2D eigenvalue weighted by Gasteiger charge is 2.06. The zero-order chi connectivity index (χ0) is 14.8. The molecule has 108 valence electrons. The van der Waals surface area contributed by atoms with Crippen LogP contribution in [-0.4, -0.2) is 0 Å². The standard InChI is InChI=1S/C15H22.C4H10/c1-6-14-12(4)8-9-13(5)15(14)10-7-11(2)3;1-3-4-2/h8-9H,2,6-7,10H2,1,3-5H3;3-4H2,1-2H3. The van der Waals surface area contributed by atoms with Crippen molar-refractivity contribution in [1.82, 2.24) is 0 Å². The second-order valence-corrected chi connectivity index (χ2v) is 5.47. The summed E-state index contributed by atoms with van der Waals surface area (Å²) in [6, 6.07) is 4.47. The second-order valence-electron chi connectivity index (χ2n) is 5.47. The van der Waals surface area contributed by atoms with E-state index < -0.39 is 0 Å². The lowest BCUT2D eigenvalue weighted by Gasteiger charge is -2.14. The smallest absolute Gasteiger partial charge is 0.0236 e. The van der Waals surface area contributed by atoms with E-state index in [1.165, 1.54) is 35.1 Å². The van der Waals surface area contributed by atoms with E-state index in [0.29, 0.717) is 0 Å². The maximum absolute atomic E-state index is 3.98. The first-order valence-electron chi connectivity index (χ1n) is 7.70. The van der Waals surface area contributed by atoms with Gasteiger partial charge in [0.25, 0.3) is 0 Å². The molecule has 0 aliphatic rings. The number of aryl methyl sites for hydroxylation is 2. The van der Waals surface area contributed by atoms with Crippen LogP contribution < -0.4 is 0 Å². The van der Waals surface area contributed by atoms with E-state index in [2.05, 4.69) is 60.3 Å². The number of unbranched alkanes of at least 4 members (excludes halogenated alkanes) is 1. The molecule has 0 saturated heterocycles. The van der Waals surface area contributed by atoms with Crippen molar-refractivity contribution in [3.63, 3.8) is 0 Å². The van der Waals surface area contributed by atoms with Gasteiger partial charge in [-0.1, -0.05) is 51.3 Å². The molecule has 0 fully saturated rings. The molecule has 0 heteroatoms.